The zero-order valence-electron chi connectivity index (χ0n) is 12.3. The minimum absolute atomic E-state index is 0.118. The molecule has 0 radical (unpaired) electrons. The van der Waals surface area contributed by atoms with Crippen LogP contribution in [0.2, 0.25) is 0 Å². The largest absolute Gasteiger partial charge is 0.361 e. The van der Waals surface area contributed by atoms with E-state index in [1.807, 2.05) is 6.20 Å². The third-order valence-corrected chi connectivity index (χ3v) is 4.16. The predicted molar refractivity (Wildman–Crippen MR) is 85.9 cm³/mol. The van der Waals surface area contributed by atoms with Crippen LogP contribution in [0.15, 0.2) is 24.4 Å². The lowest BCUT2D eigenvalue weighted by atomic mass is 10.1. The fourth-order valence-electron chi connectivity index (χ4n) is 2.14. The van der Waals surface area contributed by atoms with Gasteiger partial charge >= 0.3 is 0 Å². The number of anilines is 1. The van der Waals surface area contributed by atoms with Gasteiger partial charge in [-0.05, 0) is 36.6 Å². The molecule has 0 aliphatic carbocycles. The van der Waals surface area contributed by atoms with Crippen molar-refractivity contribution in [3.8, 4) is 0 Å². The maximum absolute atomic E-state index is 11.3. The van der Waals surface area contributed by atoms with Gasteiger partial charge in [-0.2, -0.15) is 8.42 Å². The second-order valence-corrected chi connectivity index (χ2v) is 8.47. The van der Waals surface area contributed by atoms with Crippen molar-refractivity contribution >= 4 is 36.7 Å². The Balaban J connectivity index is 2.12. The van der Waals surface area contributed by atoms with Gasteiger partial charge in [-0.1, -0.05) is 0 Å². The summed E-state index contributed by atoms with van der Waals surface area (Å²) in [6.07, 6.45) is 5.11. The lowest BCUT2D eigenvalue weighted by Gasteiger charge is -2.05. The van der Waals surface area contributed by atoms with E-state index in [2.05, 4.69) is 9.71 Å². The Bertz CT molecular complexity index is 869. The van der Waals surface area contributed by atoms with Crippen LogP contribution in [0.5, 0.6) is 0 Å². The number of fused-ring (bicyclic) bond motifs is 1. The van der Waals surface area contributed by atoms with Gasteiger partial charge in [-0.25, -0.2) is 8.42 Å². The molecule has 22 heavy (non-hydrogen) atoms. The Morgan fingerprint density at radius 2 is 1.91 bits per heavy atom. The van der Waals surface area contributed by atoms with Gasteiger partial charge in [-0.3, -0.25) is 8.91 Å². The normalized spacial score (nSPS) is 12.6. The molecule has 2 aromatic rings. The summed E-state index contributed by atoms with van der Waals surface area (Å²) in [6.45, 7) is 0.118. The van der Waals surface area contributed by atoms with Gasteiger partial charge in [0.2, 0.25) is 10.0 Å². The lowest BCUT2D eigenvalue weighted by Crippen LogP contribution is -2.09. The molecule has 122 valence electrons. The summed E-state index contributed by atoms with van der Waals surface area (Å²) < 4.78 is 51.5. The second-order valence-electron chi connectivity index (χ2n) is 5.08. The number of sulfonamides is 1. The SMILES string of the molecule is CS(=O)(=O)Nc1ccc2[nH]cc(CCCOS(C)(=O)=O)c2c1. The predicted octanol–water partition coefficient (Wildman–Crippen LogP) is 1.45. The summed E-state index contributed by atoms with van der Waals surface area (Å²) in [5.41, 5.74) is 2.35. The molecular weight excluding hydrogens is 328 g/mol. The molecule has 2 N–H and O–H groups in total. The number of aryl methyl sites for hydroxylation is 1. The van der Waals surface area contributed by atoms with E-state index in [0.717, 1.165) is 29.0 Å². The zero-order valence-corrected chi connectivity index (χ0v) is 13.9. The molecule has 0 bridgehead atoms. The molecule has 1 aromatic heterocycles. The van der Waals surface area contributed by atoms with Crippen molar-refractivity contribution in [2.75, 3.05) is 23.8 Å². The van der Waals surface area contributed by atoms with E-state index in [1.54, 1.807) is 18.2 Å². The van der Waals surface area contributed by atoms with Gasteiger partial charge in [0.25, 0.3) is 10.1 Å². The third kappa shape index (κ3) is 5.00. The van der Waals surface area contributed by atoms with E-state index in [1.165, 1.54) is 0 Å². The Morgan fingerprint density at radius 1 is 1.18 bits per heavy atom. The number of aromatic amines is 1. The number of hydrogen-bond donors (Lipinski definition) is 2. The Kier molecular flexibility index (Phi) is 4.78. The van der Waals surface area contributed by atoms with Crippen molar-refractivity contribution in [3.63, 3.8) is 0 Å². The molecule has 0 atom stereocenters. The van der Waals surface area contributed by atoms with Crippen molar-refractivity contribution in [2.45, 2.75) is 12.8 Å². The molecule has 0 aliphatic heterocycles. The molecule has 1 heterocycles. The van der Waals surface area contributed by atoms with Crippen LogP contribution in [-0.4, -0.2) is 40.9 Å². The van der Waals surface area contributed by atoms with Crippen LogP contribution < -0.4 is 4.72 Å². The molecule has 0 spiro atoms. The quantitative estimate of drug-likeness (QED) is 0.583. The highest BCUT2D eigenvalue weighted by molar-refractivity contribution is 7.92. The molecule has 2 rings (SSSR count). The Labute approximate surface area is 129 Å². The van der Waals surface area contributed by atoms with Crippen LogP contribution in [0.3, 0.4) is 0 Å². The molecule has 0 unspecified atom stereocenters. The fourth-order valence-corrected chi connectivity index (χ4v) is 3.11. The lowest BCUT2D eigenvalue weighted by molar-refractivity contribution is 0.316. The topological polar surface area (TPSA) is 105 Å². The molecular formula is C13H18N2O5S2. The van der Waals surface area contributed by atoms with Crippen molar-refractivity contribution in [1.29, 1.82) is 0 Å². The summed E-state index contributed by atoms with van der Waals surface area (Å²) >= 11 is 0. The number of aromatic nitrogens is 1. The highest BCUT2D eigenvalue weighted by Gasteiger charge is 2.08. The Morgan fingerprint density at radius 3 is 2.55 bits per heavy atom. The van der Waals surface area contributed by atoms with Gasteiger partial charge in [0, 0.05) is 22.8 Å². The van der Waals surface area contributed by atoms with Crippen LogP contribution >= 0.6 is 0 Å². The van der Waals surface area contributed by atoms with Crippen molar-refractivity contribution < 1.29 is 21.0 Å². The van der Waals surface area contributed by atoms with Crippen molar-refractivity contribution in [3.05, 3.63) is 30.0 Å². The first kappa shape index (κ1) is 16.8. The first-order chi connectivity index (χ1) is 10.1. The molecule has 0 fully saturated rings. The summed E-state index contributed by atoms with van der Waals surface area (Å²) in [6, 6.07) is 5.22. The highest BCUT2D eigenvalue weighted by Crippen LogP contribution is 2.24. The zero-order chi connectivity index (χ0) is 16.4. The first-order valence-electron chi connectivity index (χ1n) is 6.56. The van der Waals surface area contributed by atoms with Crippen LogP contribution in [0, 0.1) is 0 Å². The van der Waals surface area contributed by atoms with Gasteiger partial charge in [0.1, 0.15) is 0 Å². The Hall–Kier alpha value is -1.58. The van der Waals surface area contributed by atoms with E-state index in [-0.39, 0.29) is 6.61 Å². The van der Waals surface area contributed by atoms with Crippen LogP contribution in [0.25, 0.3) is 10.9 Å². The maximum atomic E-state index is 11.3. The van der Waals surface area contributed by atoms with E-state index in [0.29, 0.717) is 18.5 Å². The molecule has 1 aromatic carbocycles. The van der Waals surface area contributed by atoms with E-state index >= 15 is 0 Å². The minimum Gasteiger partial charge on any atom is -0.361 e. The highest BCUT2D eigenvalue weighted by atomic mass is 32.2. The average molecular weight is 346 g/mol. The fraction of sp³-hybridized carbons (Fsp3) is 0.385. The van der Waals surface area contributed by atoms with Crippen molar-refractivity contribution in [1.82, 2.24) is 4.98 Å². The molecule has 7 nitrogen and oxygen atoms in total. The number of rotatable bonds is 7. The first-order valence-corrected chi connectivity index (χ1v) is 10.3. The standard InChI is InChI=1S/C13H18N2O5S2/c1-21(16,17)15-11-5-6-13-12(8-11)10(9-14-13)4-3-7-20-22(2,18)19/h5-6,8-9,14-15H,3-4,7H2,1-2H3. The third-order valence-electron chi connectivity index (χ3n) is 2.96. The summed E-state index contributed by atoms with van der Waals surface area (Å²) in [7, 11) is -6.75. The van der Waals surface area contributed by atoms with Gasteiger partial charge in [-0.15, -0.1) is 0 Å². The summed E-state index contributed by atoms with van der Waals surface area (Å²) in [4.78, 5) is 3.10. The summed E-state index contributed by atoms with van der Waals surface area (Å²) in [5.74, 6) is 0. The molecule has 0 amide bonds. The second kappa shape index (κ2) is 6.27. The number of H-pyrrole nitrogens is 1. The molecule has 0 saturated carbocycles. The molecule has 0 saturated heterocycles. The summed E-state index contributed by atoms with van der Waals surface area (Å²) in [5, 5.41) is 0.896. The minimum atomic E-state index is -3.42. The number of benzene rings is 1. The molecule has 0 aliphatic rings. The molecule has 9 heteroatoms. The van der Waals surface area contributed by atoms with Crippen LogP contribution in [0.4, 0.5) is 5.69 Å². The van der Waals surface area contributed by atoms with Crippen molar-refractivity contribution in [2.24, 2.45) is 0 Å². The van der Waals surface area contributed by atoms with Gasteiger partial charge in [0.15, 0.2) is 0 Å². The maximum Gasteiger partial charge on any atom is 0.264 e. The van der Waals surface area contributed by atoms with E-state index in [4.69, 9.17) is 4.18 Å². The van der Waals surface area contributed by atoms with Gasteiger partial charge in [0.05, 0.1) is 19.1 Å². The van der Waals surface area contributed by atoms with Crippen LogP contribution in [0.1, 0.15) is 12.0 Å². The average Bonchev–Trinajstić information content (AvgIpc) is 2.74. The number of hydrogen-bond acceptors (Lipinski definition) is 5. The van der Waals surface area contributed by atoms with Crippen LogP contribution in [-0.2, 0) is 30.7 Å². The number of nitrogens with one attached hydrogen (secondary N) is 2. The monoisotopic (exact) mass is 346 g/mol. The van der Waals surface area contributed by atoms with Gasteiger partial charge < -0.3 is 4.98 Å². The van der Waals surface area contributed by atoms with E-state index in [9.17, 15) is 16.8 Å². The van der Waals surface area contributed by atoms with E-state index < -0.39 is 20.1 Å². The smallest absolute Gasteiger partial charge is 0.264 e.